The van der Waals surface area contributed by atoms with Crippen LogP contribution in [0, 0.1) is 0 Å². The van der Waals surface area contributed by atoms with Crippen LogP contribution in [-0.2, 0) is 16.6 Å². The molecule has 4 heteroatoms. The van der Waals surface area contributed by atoms with Crippen LogP contribution in [0.25, 0.3) is 10.9 Å². The van der Waals surface area contributed by atoms with Crippen LogP contribution >= 0.6 is 0 Å². The van der Waals surface area contributed by atoms with Crippen molar-refractivity contribution in [2.24, 2.45) is 0 Å². The maximum atomic E-state index is 12.7. The fraction of sp³-hybridized carbons (Fsp3) is 0.474. The van der Waals surface area contributed by atoms with Gasteiger partial charge in [0.15, 0.2) is 5.78 Å². The summed E-state index contributed by atoms with van der Waals surface area (Å²) in [4.78, 5) is 30.2. The van der Waals surface area contributed by atoms with Gasteiger partial charge in [0.25, 0.3) is 0 Å². The lowest BCUT2D eigenvalue weighted by Gasteiger charge is -2.18. The molecule has 1 aromatic carbocycles. The summed E-state index contributed by atoms with van der Waals surface area (Å²) >= 11 is 0. The molecule has 2 aliphatic rings. The van der Waals surface area contributed by atoms with Gasteiger partial charge in [-0.15, -0.1) is 0 Å². The lowest BCUT2D eigenvalue weighted by atomic mass is 9.85. The number of H-pyrrole nitrogens is 1. The van der Waals surface area contributed by atoms with Crippen molar-refractivity contribution in [2.75, 3.05) is 11.4 Å². The molecule has 0 radical (unpaired) electrons. The normalized spacial score (nSPS) is 19.9. The van der Waals surface area contributed by atoms with Crippen LogP contribution in [0.5, 0.6) is 0 Å². The molecule has 4 rings (SSSR count). The topological polar surface area (TPSA) is 53.2 Å². The van der Waals surface area contributed by atoms with Gasteiger partial charge in [-0.25, -0.2) is 0 Å². The monoisotopic (exact) mass is 310 g/mol. The lowest BCUT2D eigenvalue weighted by molar-refractivity contribution is -0.122. The number of likely N-dealkylation sites (N-methyl/N-ethyl adjacent to an activating group) is 1. The number of hydrogen-bond acceptors (Lipinski definition) is 2. The minimum Gasteiger partial charge on any atom is -0.352 e. The van der Waals surface area contributed by atoms with E-state index in [0.29, 0.717) is 13.0 Å². The van der Waals surface area contributed by atoms with E-state index < -0.39 is 5.41 Å². The van der Waals surface area contributed by atoms with Crippen molar-refractivity contribution in [3.05, 3.63) is 29.0 Å². The highest BCUT2D eigenvalue weighted by molar-refractivity contribution is 6.11. The van der Waals surface area contributed by atoms with E-state index in [1.54, 1.807) is 0 Å². The average Bonchev–Trinajstić information content (AvgIpc) is 2.88. The molecular weight excluding hydrogens is 288 g/mol. The predicted molar refractivity (Wildman–Crippen MR) is 91.2 cm³/mol. The number of aromatic nitrogens is 1. The number of hydrogen-bond donors (Lipinski definition) is 1. The van der Waals surface area contributed by atoms with Gasteiger partial charge in [0.1, 0.15) is 0 Å². The first-order chi connectivity index (χ1) is 10.9. The highest BCUT2D eigenvalue weighted by Crippen LogP contribution is 2.44. The van der Waals surface area contributed by atoms with E-state index in [0.717, 1.165) is 52.7 Å². The Morgan fingerprint density at radius 2 is 1.91 bits per heavy atom. The molecule has 0 bridgehead atoms. The fourth-order valence-corrected chi connectivity index (χ4v) is 4.10. The van der Waals surface area contributed by atoms with Crippen LogP contribution in [0.2, 0.25) is 0 Å². The third kappa shape index (κ3) is 1.84. The number of aryl methyl sites for hydroxylation is 1. The summed E-state index contributed by atoms with van der Waals surface area (Å²) in [5.41, 5.74) is 4.47. The molecule has 2 aromatic rings. The van der Waals surface area contributed by atoms with Gasteiger partial charge in [-0.05, 0) is 63.3 Å². The summed E-state index contributed by atoms with van der Waals surface area (Å²) in [5, 5.41) is 1.11. The Morgan fingerprint density at radius 3 is 2.65 bits per heavy atom. The second-order valence-corrected chi connectivity index (χ2v) is 7.20. The fourth-order valence-electron chi connectivity index (χ4n) is 4.10. The molecule has 2 heterocycles. The Balaban J connectivity index is 2.00. The molecule has 0 fully saturated rings. The average molecular weight is 310 g/mol. The summed E-state index contributed by atoms with van der Waals surface area (Å²) in [6.07, 6.45) is 3.57. The third-order valence-electron chi connectivity index (χ3n) is 5.44. The number of carbonyl (C=O) groups excluding carboxylic acids is 2. The SMILES string of the molecule is CCN1C(=O)C(C)(C)c2cc3[nH]c4c(c3cc21)CCCCC4=O. The number of rotatable bonds is 1. The van der Waals surface area contributed by atoms with E-state index in [1.807, 2.05) is 25.7 Å². The molecule has 0 atom stereocenters. The van der Waals surface area contributed by atoms with Crippen LogP contribution in [0.1, 0.15) is 61.6 Å². The maximum Gasteiger partial charge on any atom is 0.237 e. The van der Waals surface area contributed by atoms with Crippen molar-refractivity contribution in [2.45, 2.75) is 51.9 Å². The number of Topliss-reactive ketones (excluding diaryl/α,β-unsaturated/α-hetero) is 1. The van der Waals surface area contributed by atoms with Gasteiger partial charge in [-0.3, -0.25) is 9.59 Å². The van der Waals surface area contributed by atoms with E-state index in [1.165, 1.54) is 0 Å². The smallest absolute Gasteiger partial charge is 0.237 e. The van der Waals surface area contributed by atoms with Gasteiger partial charge in [-0.1, -0.05) is 0 Å². The zero-order valence-corrected chi connectivity index (χ0v) is 14.0. The van der Waals surface area contributed by atoms with Crippen molar-refractivity contribution in [1.82, 2.24) is 4.98 Å². The largest absolute Gasteiger partial charge is 0.352 e. The first-order valence-electron chi connectivity index (χ1n) is 8.49. The Bertz CT molecular complexity index is 845. The predicted octanol–water partition coefficient (Wildman–Crippen LogP) is 3.72. The third-order valence-corrected chi connectivity index (χ3v) is 5.44. The summed E-state index contributed by atoms with van der Waals surface area (Å²) in [7, 11) is 0. The summed E-state index contributed by atoms with van der Waals surface area (Å²) in [6, 6.07) is 4.20. The second kappa shape index (κ2) is 4.70. The second-order valence-electron chi connectivity index (χ2n) is 7.20. The molecule has 1 N–H and O–H groups in total. The number of ketones is 1. The maximum absolute atomic E-state index is 12.7. The molecule has 23 heavy (non-hydrogen) atoms. The van der Waals surface area contributed by atoms with Crippen molar-refractivity contribution >= 4 is 28.3 Å². The first kappa shape index (κ1) is 14.5. The van der Waals surface area contributed by atoms with Crippen LogP contribution in [0.4, 0.5) is 5.69 Å². The zero-order valence-electron chi connectivity index (χ0n) is 14.0. The van der Waals surface area contributed by atoms with Crippen LogP contribution < -0.4 is 4.90 Å². The molecular formula is C19H22N2O2. The number of fused-ring (bicyclic) bond motifs is 4. The Hall–Kier alpha value is -2.10. The first-order valence-corrected chi connectivity index (χ1v) is 8.49. The quantitative estimate of drug-likeness (QED) is 0.816. The molecule has 120 valence electrons. The van der Waals surface area contributed by atoms with E-state index in [9.17, 15) is 9.59 Å². The highest BCUT2D eigenvalue weighted by Gasteiger charge is 2.43. The molecule has 4 nitrogen and oxygen atoms in total. The van der Waals surface area contributed by atoms with Gasteiger partial charge in [0.05, 0.1) is 11.1 Å². The molecule has 1 amide bonds. The number of carbonyl (C=O) groups is 2. The van der Waals surface area contributed by atoms with E-state index in [4.69, 9.17) is 0 Å². The number of aromatic amines is 1. The summed E-state index contributed by atoms with van der Waals surface area (Å²) < 4.78 is 0. The van der Waals surface area contributed by atoms with Crippen LogP contribution in [0.3, 0.4) is 0 Å². The minimum absolute atomic E-state index is 0.157. The Kier molecular flexibility index (Phi) is 2.96. The van der Waals surface area contributed by atoms with E-state index in [-0.39, 0.29) is 11.7 Å². The van der Waals surface area contributed by atoms with Gasteiger partial charge in [0, 0.05) is 29.6 Å². The van der Waals surface area contributed by atoms with Crippen molar-refractivity contribution in [3.8, 4) is 0 Å². The number of nitrogens with zero attached hydrogens (tertiary/aromatic N) is 1. The molecule has 1 aliphatic carbocycles. The summed E-state index contributed by atoms with van der Waals surface area (Å²) in [6.45, 7) is 6.64. The Labute approximate surface area is 135 Å². The van der Waals surface area contributed by atoms with Gasteiger partial charge in [0.2, 0.25) is 5.91 Å². The highest BCUT2D eigenvalue weighted by atomic mass is 16.2. The molecule has 1 aromatic heterocycles. The Morgan fingerprint density at radius 1 is 1.17 bits per heavy atom. The zero-order chi connectivity index (χ0) is 16.4. The van der Waals surface area contributed by atoms with Gasteiger partial charge < -0.3 is 9.88 Å². The molecule has 0 saturated heterocycles. The number of amides is 1. The van der Waals surface area contributed by atoms with Gasteiger partial charge in [-0.2, -0.15) is 0 Å². The molecule has 1 aliphatic heterocycles. The van der Waals surface area contributed by atoms with Crippen molar-refractivity contribution < 1.29 is 9.59 Å². The molecule has 0 spiro atoms. The van der Waals surface area contributed by atoms with Crippen molar-refractivity contribution in [3.63, 3.8) is 0 Å². The number of benzene rings is 1. The molecule has 0 saturated carbocycles. The van der Waals surface area contributed by atoms with Crippen LogP contribution in [0.15, 0.2) is 12.1 Å². The van der Waals surface area contributed by atoms with Crippen LogP contribution in [-0.4, -0.2) is 23.2 Å². The summed E-state index contributed by atoms with van der Waals surface area (Å²) in [5.74, 6) is 0.376. The van der Waals surface area contributed by atoms with E-state index in [2.05, 4.69) is 17.1 Å². The standard InChI is InChI=1S/C19H22N2O2/c1-4-21-15-9-12-11-7-5-6-8-16(22)17(11)20-14(12)10-13(15)19(2,3)18(21)23/h9-10,20H,4-8H2,1-3H3. The minimum atomic E-state index is -0.508. The molecule has 0 unspecified atom stereocenters. The lowest BCUT2D eigenvalue weighted by Crippen LogP contribution is -2.35. The van der Waals surface area contributed by atoms with E-state index >= 15 is 0 Å². The van der Waals surface area contributed by atoms with Crippen molar-refractivity contribution in [1.29, 1.82) is 0 Å². The van der Waals surface area contributed by atoms with Gasteiger partial charge >= 0.3 is 0 Å². The number of anilines is 1. The number of nitrogens with one attached hydrogen (secondary N) is 1.